The second kappa shape index (κ2) is 14.6. The number of hydrogen-bond donors (Lipinski definition) is 2. The van der Waals surface area contributed by atoms with E-state index in [2.05, 4.69) is 13.8 Å². The first-order valence-electron chi connectivity index (χ1n) is 18.6. The predicted molar refractivity (Wildman–Crippen MR) is 183 cm³/mol. The van der Waals surface area contributed by atoms with Crippen LogP contribution in [-0.4, -0.2) is 24.0 Å². The van der Waals surface area contributed by atoms with Crippen molar-refractivity contribution >= 4 is 11.9 Å². The van der Waals surface area contributed by atoms with Crippen molar-refractivity contribution in [2.24, 2.45) is 23.3 Å². The van der Waals surface area contributed by atoms with Crippen LogP contribution in [0.4, 0.5) is 8.78 Å². The lowest BCUT2D eigenvalue weighted by Crippen LogP contribution is -2.53. The Labute approximate surface area is 284 Å². The Morgan fingerprint density at radius 3 is 1.50 bits per heavy atom. The number of carbonyl (C=O) groups is 2. The lowest BCUT2D eigenvalue weighted by molar-refractivity contribution is -0.135. The lowest BCUT2D eigenvalue weighted by atomic mass is 9.60. The summed E-state index contributed by atoms with van der Waals surface area (Å²) in [5.74, 6) is -0.368. The van der Waals surface area contributed by atoms with Crippen molar-refractivity contribution in [3.63, 3.8) is 0 Å². The molecule has 2 fully saturated rings. The van der Waals surface area contributed by atoms with Crippen LogP contribution in [0.3, 0.4) is 0 Å². The average molecular weight is 665 g/mol. The third kappa shape index (κ3) is 7.07. The molecule has 2 saturated carbocycles. The zero-order chi connectivity index (χ0) is 34.1. The third-order valence-corrected chi connectivity index (χ3v) is 12.5. The van der Waals surface area contributed by atoms with Crippen molar-refractivity contribution in [3.8, 4) is 11.5 Å². The van der Waals surface area contributed by atoms with E-state index in [1.165, 1.54) is 12.1 Å². The molecule has 2 aromatic rings. The highest BCUT2D eigenvalue weighted by molar-refractivity contribution is 5.73. The highest BCUT2D eigenvalue weighted by Gasteiger charge is 2.46. The van der Waals surface area contributed by atoms with Gasteiger partial charge in [-0.15, -0.1) is 0 Å². The summed E-state index contributed by atoms with van der Waals surface area (Å²) in [4.78, 5) is 25.4. The second-order valence-corrected chi connectivity index (χ2v) is 15.7. The summed E-state index contributed by atoms with van der Waals surface area (Å²) in [6, 6.07) is 6.31. The number of hydrogen-bond acceptors (Lipinski definition) is 6. The van der Waals surface area contributed by atoms with Gasteiger partial charge in [0.15, 0.2) is 0 Å². The molecule has 0 heterocycles. The van der Waals surface area contributed by atoms with Gasteiger partial charge in [0.05, 0.1) is 0 Å². The minimum Gasteiger partial charge on any atom is -0.426 e. The van der Waals surface area contributed by atoms with E-state index in [1.54, 1.807) is 0 Å². The molecule has 0 spiro atoms. The molecular formula is C40H54F2N2O4. The van der Waals surface area contributed by atoms with Gasteiger partial charge in [-0.05, 0) is 97.6 Å². The Kier molecular flexibility index (Phi) is 10.6. The number of esters is 2. The summed E-state index contributed by atoms with van der Waals surface area (Å²) in [5.41, 5.74) is 16.1. The van der Waals surface area contributed by atoms with Crippen molar-refractivity contribution in [1.82, 2.24) is 0 Å². The van der Waals surface area contributed by atoms with Crippen LogP contribution in [0.15, 0.2) is 24.3 Å². The minimum atomic E-state index is -0.395. The van der Waals surface area contributed by atoms with E-state index >= 15 is 8.78 Å². The Hall–Kier alpha value is -2.84. The fourth-order valence-corrected chi connectivity index (χ4v) is 9.53. The molecule has 0 radical (unpaired) electrons. The van der Waals surface area contributed by atoms with Gasteiger partial charge in [0.25, 0.3) is 0 Å². The maximum atomic E-state index is 15.3. The normalized spacial score (nSPS) is 29.7. The van der Waals surface area contributed by atoms with Gasteiger partial charge in [0, 0.05) is 47.9 Å². The van der Waals surface area contributed by atoms with Crippen LogP contribution >= 0.6 is 0 Å². The number of halogens is 2. The standard InChI is InChI=1S/C40H54F2N2O4/c1-39-17-11-5-7-13-25(37(39)43)19-29-31(39)21-27(23-33(29)41)47-35(45)15-9-3-4-10-16-36(46)48-28-22-32-30(34(42)24-28)20-26-14-8-6-12-18-40(32,2)38(26)44/h21-26,37-38H,3-20,43-44H2,1-2H3/t25-,26-,37-,38-,39+,40+/m0/s1. The highest BCUT2D eigenvalue weighted by Crippen LogP contribution is 2.49. The van der Waals surface area contributed by atoms with Gasteiger partial charge in [-0.3, -0.25) is 9.59 Å². The average Bonchev–Trinajstić information content (AvgIpc) is 3.03. The van der Waals surface area contributed by atoms with Crippen molar-refractivity contribution in [2.75, 3.05) is 0 Å². The molecule has 0 unspecified atom stereocenters. The number of rotatable bonds is 9. The van der Waals surface area contributed by atoms with Crippen molar-refractivity contribution < 1.29 is 27.8 Å². The van der Waals surface area contributed by atoms with Crippen molar-refractivity contribution in [3.05, 3.63) is 58.2 Å². The number of ether oxygens (including phenoxy) is 2. The van der Waals surface area contributed by atoms with E-state index in [9.17, 15) is 9.59 Å². The van der Waals surface area contributed by atoms with Gasteiger partial charge in [-0.25, -0.2) is 8.78 Å². The minimum absolute atomic E-state index is 0.0385. The number of unbranched alkanes of at least 4 members (excludes halogenated alkanes) is 3. The first-order chi connectivity index (χ1) is 23.0. The molecule has 4 aliphatic carbocycles. The Morgan fingerprint density at radius 1 is 0.667 bits per heavy atom. The fraction of sp³-hybridized carbons (Fsp3) is 0.650. The monoisotopic (exact) mass is 664 g/mol. The van der Waals surface area contributed by atoms with Crippen molar-refractivity contribution in [2.45, 2.75) is 152 Å². The van der Waals surface area contributed by atoms with Gasteiger partial charge >= 0.3 is 11.9 Å². The molecule has 6 nitrogen and oxygen atoms in total. The van der Waals surface area contributed by atoms with Gasteiger partial charge < -0.3 is 20.9 Å². The van der Waals surface area contributed by atoms with E-state index in [0.29, 0.717) is 25.7 Å². The molecule has 6 atom stereocenters. The topological polar surface area (TPSA) is 105 Å². The first-order valence-corrected chi connectivity index (χ1v) is 18.6. The summed E-state index contributed by atoms with van der Waals surface area (Å²) >= 11 is 0. The maximum absolute atomic E-state index is 15.3. The zero-order valence-electron chi connectivity index (χ0n) is 28.9. The highest BCUT2D eigenvalue weighted by atomic mass is 19.1. The number of benzene rings is 2. The molecule has 8 heteroatoms. The molecule has 0 aromatic heterocycles. The quantitative estimate of drug-likeness (QED) is 0.159. The molecule has 6 rings (SSSR count). The Bertz CT molecular complexity index is 1400. The summed E-state index contributed by atoms with van der Waals surface area (Å²) in [6.45, 7) is 4.28. The molecule has 0 amide bonds. The number of nitrogens with two attached hydrogens (primary N) is 2. The second-order valence-electron chi connectivity index (χ2n) is 15.7. The number of fused-ring (bicyclic) bond motifs is 8. The molecule has 0 aliphatic heterocycles. The van der Waals surface area contributed by atoms with E-state index in [4.69, 9.17) is 20.9 Å². The number of carbonyl (C=O) groups excluding carboxylic acids is 2. The van der Waals surface area contributed by atoms with Gasteiger partial charge in [0.1, 0.15) is 23.1 Å². The SMILES string of the molecule is C[C@@]12CCCCC[C@@H](Cc3c(F)cc(OC(=O)CCCCCCC(=O)Oc4cc(F)c5c(c4)[C@@]4(C)CCCCC[C@@H](C5)[C@@H]4N)cc31)[C@@H]2N. The van der Waals surface area contributed by atoms with Gasteiger partial charge in [-0.1, -0.05) is 65.2 Å². The van der Waals surface area contributed by atoms with Crippen molar-refractivity contribution in [1.29, 1.82) is 0 Å². The molecule has 2 aromatic carbocycles. The zero-order valence-corrected chi connectivity index (χ0v) is 28.9. The van der Waals surface area contributed by atoms with Crippen LogP contribution in [0.2, 0.25) is 0 Å². The summed E-state index contributed by atoms with van der Waals surface area (Å²) in [7, 11) is 0. The summed E-state index contributed by atoms with van der Waals surface area (Å²) < 4.78 is 41.9. The van der Waals surface area contributed by atoms with E-state index in [1.807, 2.05) is 12.1 Å². The van der Waals surface area contributed by atoms with E-state index < -0.39 is 11.9 Å². The molecule has 4 N–H and O–H groups in total. The molecule has 262 valence electrons. The van der Waals surface area contributed by atoms with E-state index in [-0.39, 0.29) is 70.7 Å². The Balaban J connectivity index is 0.965. The largest absolute Gasteiger partial charge is 0.426 e. The fourth-order valence-electron chi connectivity index (χ4n) is 9.53. The lowest BCUT2D eigenvalue weighted by Gasteiger charge is -2.47. The van der Waals surface area contributed by atoms with Crippen LogP contribution in [0.5, 0.6) is 11.5 Å². The van der Waals surface area contributed by atoms with Crippen LogP contribution in [0.25, 0.3) is 0 Å². The van der Waals surface area contributed by atoms with Crippen LogP contribution < -0.4 is 20.9 Å². The smallest absolute Gasteiger partial charge is 0.311 e. The van der Waals surface area contributed by atoms with Crippen LogP contribution in [0, 0.1) is 23.5 Å². The molecular weight excluding hydrogens is 610 g/mol. The van der Waals surface area contributed by atoms with Crippen LogP contribution in [0.1, 0.15) is 139 Å². The maximum Gasteiger partial charge on any atom is 0.311 e. The summed E-state index contributed by atoms with van der Waals surface area (Å²) in [6.07, 6.45) is 14.9. The molecule has 4 bridgehead atoms. The van der Waals surface area contributed by atoms with Gasteiger partial charge in [-0.2, -0.15) is 0 Å². The Morgan fingerprint density at radius 2 is 1.08 bits per heavy atom. The molecule has 4 aliphatic rings. The van der Waals surface area contributed by atoms with Gasteiger partial charge in [0.2, 0.25) is 0 Å². The third-order valence-electron chi connectivity index (χ3n) is 12.5. The predicted octanol–water partition coefficient (Wildman–Crippen LogP) is 8.26. The van der Waals surface area contributed by atoms with E-state index in [0.717, 1.165) is 99.3 Å². The van der Waals surface area contributed by atoms with Crippen LogP contribution in [-0.2, 0) is 33.3 Å². The molecule has 48 heavy (non-hydrogen) atoms. The summed E-state index contributed by atoms with van der Waals surface area (Å²) in [5, 5.41) is 0. The molecule has 0 saturated heterocycles. The first kappa shape index (κ1) is 35.0.